The molecule has 0 N–H and O–H groups in total. The summed E-state index contributed by atoms with van der Waals surface area (Å²) in [5.41, 5.74) is 2.22. The quantitative estimate of drug-likeness (QED) is 0.731. The van der Waals surface area contributed by atoms with Gasteiger partial charge in [-0.15, -0.1) is 0 Å². The fourth-order valence-electron chi connectivity index (χ4n) is 2.27. The van der Waals surface area contributed by atoms with E-state index in [9.17, 15) is 4.79 Å². The topological polar surface area (TPSA) is 42.4 Å². The van der Waals surface area contributed by atoms with E-state index in [1.807, 2.05) is 19.2 Å². The van der Waals surface area contributed by atoms with Crippen molar-refractivity contribution in [2.45, 2.75) is 19.8 Å². The smallest absolute Gasteiger partial charge is 0.308 e. The summed E-state index contributed by atoms with van der Waals surface area (Å²) in [5, 5.41) is 0. The molecule has 1 aliphatic heterocycles. The number of hydrogen-bond donors (Lipinski definition) is 0. The minimum atomic E-state index is -0.0736. The number of methoxy groups -OCH3 is 1. The molecule has 0 spiro atoms. The molecule has 0 bridgehead atoms. The molecule has 0 unspecified atom stereocenters. The van der Waals surface area contributed by atoms with E-state index in [1.54, 1.807) is 0 Å². The van der Waals surface area contributed by atoms with E-state index in [0.717, 1.165) is 31.6 Å². The summed E-state index contributed by atoms with van der Waals surface area (Å²) in [6.07, 6.45) is 3.57. The molecule has 0 saturated carbocycles. The Balaban J connectivity index is 1.97. The second kappa shape index (κ2) is 5.17. The zero-order chi connectivity index (χ0) is 12.3. The predicted molar refractivity (Wildman–Crippen MR) is 65.9 cm³/mol. The van der Waals surface area contributed by atoms with Crippen molar-refractivity contribution >= 4 is 11.7 Å². The van der Waals surface area contributed by atoms with Crippen LogP contribution in [0.1, 0.15) is 18.5 Å². The molecule has 0 atom stereocenters. The third-order valence-corrected chi connectivity index (χ3v) is 3.27. The first-order valence-electron chi connectivity index (χ1n) is 5.96. The Kier molecular flexibility index (Phi) is 3.61. The normalized spacial score (nSPS) is 16.9. The maximum Gasteiger partial charge on any atom is 0.308 e. The van der Waals surface area contributed by atoms with Gasteiger partial charge in [0.1, 0.15) is 0 Å². The molecular weight excluding hydrogens is 216 g/mol. The molecular formula is C13H18N2O2. The van der Waals surface area contributed by atoms with Gasteiger partial charge in [-0.05, 0) is 31.9 Å². The van der Waals surface area contributed by atoms with Crippen molar-refractivity contribution in [2.75, 3.05) is 25.1 Å². The van der Waals surface area contributed by atoms with Gasteiger partial charge in [-0.3, -0.25) is 9.78 Å². The number of nitrogens with zero attached hydrogens (tertiary/aromatic N) is 2. The zero-order valence-corrected chi connectivity index (χ0v) is 10.3. The van der Waals surface area contributed by atoms with Crippen molar-refractivity contribution in [1.29, 1.82) is 0 Å². The summed E-state index contributed by atoms with van der Waals surface area (Å²) < 4.78 is 4.78. The third-order valence-electron chi connectivity index (χ3n) is 3.27. The van der Waals surface area contributed by atoms with Crippen LogP contribution >= 0.6 is 0 Å². The average Bonchev–Trinajstić information content (AvgIpc) is 2.38. The lowest BCUT2D eigenvalue weighted by molar-refractivity contribution is -0.146. The number of ether oxygens (including phenoxy) is 1. The molecule has 2 heterocycles. The van der Waals surface area contributed by atoms with E-state index in [2.05, 4.69) is 16.0 Å². The number of aryl methyl sites for hydroxylation is 1. The molecule has 1 aromatic rings. The van der Waals surface area contributed by atoms with Crippen LogP contribution in [0.2, 0.25) is 0 Å². The highest BCUT2D eigenvalue weighted by Crippen LogP contribution is 2.23. The van der Waals surface area contributed by atoms with E-state index >= 15 is 0 Å². The van der Waals surface area contributed by atoms with Crippen LogP contribution in [0.5, 0.6) is 0 Å². The second-order valence-electron chi connectivity index (χ2n) is 4.44. The minimum Gasteiger partial charge on any atom is -0.469 e. The Morgan fingerprint density at radius 3 is 2.76 bits per heavy atom. The number of pyridine rings is 1. The van der Waals surface area contributed by atoms with Gasteiger partial charge in [0.05, 0.1) is 13.0 Å². The van der Waals surface area contributed by atoms with Gasteiger partial charge in [-0.2, -0.15) is 0 Å². The third kappa shape index (κ3) is 2.75. The van der Waals surface area contributed by atoms with Crippen LogP contribution in [0.25, 0.3) is 0 Å². The number of aromatic nitrogens is 1. The predicted octanol–water partition coefficient (Wildman–Crippen LogP) is 1.78. The fourth-order valence-corrected chi connectivity index (χ4v) is 2.27. The second-order valence-corrected chi connectivity index (χ2v) is 4.44. The summed E-state index contributed by atoms with van der Waals surface area (Å²) in [6.45, 7) is 3.80. The van der Waals surface area contributed by atoms with E-state index in [4.69, 9.17) is 4.74 Å². The highest BCUT2D eigenvalue weighted by Gasteiger charge is 2.25. The first kappa shape index (κ1) is 11.9. The lowest BCUT2D eigenvalue weighted by atomic mass is 9.96. The molecule has 92 valence electrons. The highest BCUT2D eigenvalue weighted by molar-refractivity contribution is 5.72. The van der Waals surface area contributed by atoms with Crippen LogP contribution in [0, 0.1) is 12.8 Å². The van der Waals surface area contributed by atoms with E-state index in [-0.39, 0.29) is 11.9 Å². The SMILES string of the molecule is COC(=O)C1CCN(c2ccnc(C)c2)CC1. The fraction of sp³-hybridized carbons (Fsp3) is 0.538. The van der Waals surface area contributed by atoms with Crippen LogP contribution in [0.4, 0.5) is 5.69 Å². The monoisotopic (exact) mass is 234 g/mol. The maximum absolute atomic E-state index is 11.4. The van der Waals surface area contributed by atoms with E-state index in [0.29, 0.717) is 0 Å². The first-order chi connectivity index (χ1) is 8.20. The number of anilines is 1. The van der Waals surface area contributed by atoms with Gasteiger partial charge in [0, 0.05) is 30.7 Å². The van der Waals surface area contributed by atoms with Crippen molar-refractivity contribution in [3.05, 3.63) is 24.0 Å². The molecule has 1 aromatic heterocycles. The standard InChI is InChI=1S/C13H18N2O2/c1-10-9-12(3-6-14-10)15-7-4-11(5-8-15)13(16)17-2/h3,6,9,11H,4-5,7-8H2,1-2H3. The molecule has 1 saturated heterocycles. The highest BCUT2D eigenvalue weighted by atomic mass is 16.5. The largest absolute Gasteiger partial charge is 0.469 e. The van der Waals surface area contributed by atoms with Gasteiger partial charge in [-0.1, -0.05) is 0 Å². The Bertz CT molecular complexity index is 398. The summed E-state index contributed by atoms with van der Waals surface area (Å²) >= 11 is 0. The summed E-state index contributed by atoms with van der Waals surface area (Å²) in [7, 11) is 1.46. The number of carbonyl (C=O) groups is 1. The summed E-state index contributed by atoms with van der Waals surface area (Å²) in [6, 6.07) is 4.10. The van der Waals surface area contributed by atoms with Crippen LogP contribution in [-0.4, -0.2) is 31.2 Å². The molecule has 4 nitrogen and oxygen atoms in total. The maximum atomic E-state index is 11.4. The Hall–Kier alpha value is -1.58. The minimum absolute atomic E-state index is 0.0687. The molecule has 2 rings (SSSR count). The molecule has 4 heteroatoms. The lowest BCUT2D eigenvalue weighted by Gasteiger charge is -2.32. The Morgan fingerprint density at radius 2 is 2.18 bits per heavy atom. The number of carbonyl (C=O) groups excluding carboxylic acids is 1. The van der Waals surface area contributed by atoms with Gasteiger partial charge in [-0.25, -0.2) is 0 Å². The van der Waals surface area contributed by atoms with Gasteiger partial charge in [0.2, 0.25) is 0 Å². The number of piperidine rings is 1. The van der Waals surface area contributed by atoms with Crippen LogP contribution < -0.4 is 4.90 Å². The van der Waals surface area contributed by atoms with Crippen molar-refractivity contribution in [1.82, 2.24) is 4.98 Å². The van der Waals surface area contributed by atoms with Crippen molar-refractivity contribution in [2.24, 2.45) is 5.92 Å². The molecule has 1 fully saturated rings. The lowest BCUT2D eigenvalue weighted by Crippen LogP contribution is -2.36. The number of esters is 1. The number of hydrogen-bond acceptors (Lipinski definition) is 4. The van der Waals surface area contributed by atoms with E-state index in [1.165, 1.54) is 12.8 Å². The van der Waals surface area contributed by atoms with Crippen molar-refractivity contribution in [3.8, 4) is 0 Å². The Labute approximate surface area is 102 Å². The van der Waals surface area contributed by atoms with Crippen LogP contribution in [0.3, 0.4) is 0 Å². The van der Waals surface area contributed by atoms with Gasteiger partial charge in [0.15, 0.2) is 0 Å². The van der Waals surface area contributed by atoms with E-state index < -0.39 is 0 Å². The van der Waals surface area contributed by atoms with Crippen molar-refractivity contribution < 1.29 is 9.53 Å². The average molecular weight is 234 g/mol. The molecule has 0 aliphatic carbocycles. The molecule has 0 amide bonds. The Morgan fingerprint density at radius 1 is 1.47 bits per heavy atom. The van der Waals surface area contributed by atoms with Gasteiger partial charge < -0.3 is 9.64 Å². The van der Waals surface area contributed by atoms with Crippen molar-refractivity contribution in [3.63, 3.8) is 0 Å². The molecule has 1 aliphatic rings. The van der Waals surface area contributed by atoms with Gasteiger partial charge in [0.25, 0.3) is 0 Å². The zero-order valence-electron chi connectivity index (χ0n) is 10.3. The molecule has 0 radical (unpaired) electrons. The summed E-state index contributed by atoms with van der Waals surface area (Å²) in [5.74, 6) is -0.00487. The number of rotatable bonds is 2. The summed E-state index contributed by atoms with van der Waals surface area (Å²) in [4.78, 5) is 17.9. The van der Waals surface area contributed by atoms with Gasteiger partial charge >= 0.3 is 5.97 Å². The first-order valence-corrected chi connectivity index (χ1v) is 5.96. The van der Waals surface area contributed by atoms with Crippen LogP contribution in [0.15, 0.2) is 18.3 Å². The van der Waals surface area contributed by atoms with Crippen LogP contribution in [-0.2, 0) is 9.53 Å². The molecule has 17 heavy (non-hydrogen) atoms. The molecule has 0 aromatic carbocycles.